The molecule has 0 bridgehead atoms. The van der Waals surface area contributed by atoms with Gasteiger partial charge in [-0.3, -0.25) is 0 Å². The highest BCUT2D eigenvalue weighted by Crippen LogP contribution is 2.34. The Morgan fingerprint density at radius 3 is 3.00 bits per heavy atom. The fourth-order valence-corrected chi connectivity index (χ4v) is 3.09. The van der Waals surface area contributed by atoms with E-state index in [0.717, 1.165) is 18.8 Å². The number of benzene rings is 1. The monoisotopic (exact) mass is 227 g/mol. The zero-order valence-electron chi connectivity index (χ0n) is 8.10. The number of hydrogen-bond acceptors (Lipinski definition) is 3. The van der Waals surface area contributed by atoms with E-state index in [1.54, 1.807) is 18.2 Å². The molecule has 0 N–H and O–H groups in total. The maximum Gasteiger partial charge on any atom is 0.118 e. The predicted octanol–water partition coefficient (Wildman–Crippen LogP) is 1.89. The largest absolute Gasteiger partial charge is 0.617 e. The molecule has 14 heavy (non-hydrogen) atoms. The highest BCUT2D eigenvalue weighted by molar-refractivity contribution is 7.97. The lowest BCUT2D eigenvalue weighted by Crippen LogP contribution is -2.19. The molecular weight excluding hydrogens is 214 g/mol. The van der Waals surface area contributed by atoms with E-state index in [1.807, 2.05) is 0 Å². The third-order valence-electron chi connectivity index (χ3n) is 2.17. The van der Waals surface area contributed by atoms with Crippen LogP contribution in [0, 0.1) is 0 Å². The van der Waals surface area contributed by atoms with Gasteiger partial charge in [-0.15, -0.1) is 0 Å². The molecule has 4 heteroatoms. The van der Waals surface area contributed by atoms with Crippen LogP contribution in [0.15, 0.2) is 29.2 Å². The van der Waals surface area contributed by atoms with Crippen molar-refractivity contribution in [1.29, 1.82) is 0 Å². The summed E-state index contributed by atoms with van der Waals surface area (Å²) in [5, 5.41) is 0. The van der Waals surface area contributed by atoms with Crippen LogP contribution >= 0.6 is 11.9 Å². The Kier molecular flexibility index (Phi) is 3.38. The van der Waals surface area contributed by atoms with Gasteiger partial charge in [0.15, 0.2) is 0 Å². The number of fused-ring (bicyclic) bond motifs is 1. The van der Waals surface area contributed by atoms with Gasteiger partial charge in [-0.05, 0) is 23.6 Å². The van der Waals surface area contributed by atoms with Crippen LogP contribution in [0.3, 0.4) is 0 Å². The van der Waals surface area contributed by atoms with Crippen molar-refractivity contribution < 1.29 is 4.55 Å². The SMILES string of the molecule is C[S+]([O-])CCN1Cc2ccccc2S1. The van der Waals surface area contributed by atoms with Gasteiger partial charge in [-0.1, -0.05) is 29.4 Å². The molecule has 0 aromatic heterocycles. The molecule has 0 fully saturated rings. The first-order valence-electron chi connectivity index (χ1n) is 4.56. The van der Waals surface area contributed by atoms with Crippen molar-refractivity contribution in [3.63, 3.8) is 0 Å². The van der Waals surface area contributed by atoms with Crippen molar-refractivity contribution in [3.8, 4) is 0 Å². The molecule has 0 spiro atoms. The van der Waals surface area contributed by atoms with Gasteiger partial charge in [-0.25, -0.2) is 4.31 Å². The summed E-state index contributed by atoms with van der Waals surface area (Å²) in [6.45, 7) is 1.89. The number of hydrogen-bond donors (Lipinski definition) is 0. The van der Waals surface area contributed by atoms with Gasteiger partial charge in [0.25, 0.3) is 0 Å². The molecule has 0 radical (unpaired) electrons. The van der Waals surface area contributed by atoms with Crippen molar-refractivity contribution >= 4 is 23.1 Å². The van der Waals surface area contributed by atoms with Gasteiger partial charge >= 0.3 is 0 Å². The van der Waals surface area contributed by atoms with E-state index >= 15 is 0 Å². The Labute approximate surface area is 92.0 Å². The molecule has 2 rings (SSSR count). The summed E-state index contributed by atoms with van der Waals surface area (Å²) in [5.41, 5.74) is 1.39. The lowest BCUT2D eigenvalue weighted by atomic mass is 10.2. The van der Waals surface area contributed by atoms with Crippen molar-refractivity contribution in [1.82, 2.24) is 4.31 Å². The molecule has 0 amide bonds. The molecule has 1 aromatic carbocycles. The molecule has 1 aromatic rings. The van der Waals surface area contributed by atoms with Crippen LogP contribution in [0.5, 0.6) is 0 Å². The molecule has 1 heterocycles. The van der Waals surface area contributed by atoms with Gasteiger partial charge in [0, 0.05) is 11.4 Å². The van der Waals surface area contributed by atoms with Crippen LogP contribution in [0.4, 0.5) is 0 Å². The van der Waals surface area contributed by atoms with Crippen LogP contribution < -0.4 is 0 Å². The fourth-order valence-electron chi connectivity index (χ4n) is 1.44. The van der Waals surface area contributed by atoms with Crippen LogP contribution in [0.2, 0.25) is 0 Å². The Balaban J connectivity index is 1.92. The predicted molar refractivity (Wildman–Crippen MR) is 61.6 cm³/mol. The molecule has 0 aliphatic carbocycles. The summed E-state index contributed by atoms with van der Waals surface area (Å²) >= 11 is 1.10. The summed E-state index contributed by atoms with van der Waals surface area (Å²) in [7, 11) is 0. The Hall–Kier alpha value is -0.160. The second-order valence-electron chi connectivity index (χ2n) is 3.34. The van der Waals surface area contributed by atoms with Crippen LogP contribution in [0.1, 0.15) is 5.56 Å². The molecule has 2 nitrogen and oxygen atoms in total. The first-order valence-corrected chi connectivity index (χ1v) is 7.06. The van der Waals surface area contributed by atoms with Crippen LogP contribution in [-0.4, -0.2) is 27.4 Å². The lowest BCUT2D eigenvalue weighted by Gasteiger charge is -2.13. The van der Waals surface area contributed by atoms with Gasteiger partial charge in [-0.2, -0.15) is 0 Å². The molecule has 0 saturated carbocycles. The molecule has 1 aliphatic heterocycles. The highest BCUT2D eigenvalue weighted by Gasteiger charge is 2.19. The van der Waals surface area contributed by atoms with E-state index in [0.29, 0.717) is 0 Å². The third-order valence-corrected chi connectivity index (χ3v) is 4.10. The maximum absolute atomic E-state index is 10.9. The minimum Gasteiger partial charge on any atom is -0.617 e. The Morgan fingerprint density at radius 1 is 1.50 bits per heavy atom. The molecule has 1 aliphatic rings. The molecule has 76 valence electrons. The first kappa shape index (κ1) is 10.4. The molecular formula is C10H13NOS2. The number of rotatable bonds is 3. The third kappa shape index (κ3) is 2.45. The molecule has 0 saturated heterocycles. The maximum atomic E-state index is 10.9. The second-order valence-corrected chi connectivity index (χ2v) is 6.03. The standard InChI is InChI=1S/C10H13NOS2/c1-14(12)7-6-11-8-9-4-2-3-5-10(9)13-11/h2-5H,6-8H2,1H3. The summed E-state index contributed by atoms with van der Waals surface area (Å²) in [6.07, 6.45) is 1.76. The zero-order chi connectivity index (χ0) is 9.97. The van der Waals surface area contributed by atoms with E-state index in [1.165, 1.54) is 10.5 Å². The molecule has 1 atom stereocenters. The van der Waals surface area contributed by atoms with Crippen LogP contribution in [-0.2, 0) is 17.7 Å². The van der Waals surface area contributed by atoms with E-state index in [9.17, 15) is 4.55 Å². The fraction of sp³-hybridized carbons (Fsp3) is 0.400. The topological polar surface area (TPSA) is 26.3 Å². The Bertz CT molecular complexity index is 292. The minimum absolute atomic E-state index is 0.682. The summed E-state index contributed by atoms with van der Waals surface area (Å²) in [6, 6.07) is 8.43. The minimum atomic E-state index is -0.682. The second kappa shape index (κ2) is 4.57. The lowest BCUT2D eigenvalue weighted by molar-refractivity contribution is 0.502. The van der Waals surface area contributed by atoms with E-state index in [4.69, 9.17) is 0 Å². The van der Waals surface area contributed by atoms with E-state index in [-0.39, 0.29) is 0 Å². The van der Waals surface area contributed by atoms with Gasteiger partial charge in [0.05, 0.1) is 12.8 Å². The van der Waals surface area contributed by atoms with Crippen molar-refractivity contribution in [2.75, 3.05) is 18.6 Å². The normalized spacial score (nSPS) is 18.1. The average molecular weight is 227 g/mol. The summed E-state index contributed by atoms with van der Waals surface area (Å²) in [5.74, 6) is 0.765. The number of nitrogens with zero attached hydrogens (tertiary/aromatic N) is 1. The van der Waals surface area contributed by atoms with E-state index in [2.05, 4.69) is 28.6 Å². The first-order chi connectivity index (χ1) is 6.75. The molecule has 1 unspecified atom stereocenters. The highest BCUT2D eigenvalue weighted by atomic mass is 32.2. The van der Waals surface area contributed by atoms with Crippen LogP contribution in [0.25, 0.3) is 0 Å². The van der Waals surface area contributed by atoms with Gasteiger partial charge < -0.3 is 4.55 Å². The average Bonchev–Trinajstić information content (AvgIpc) is 2.57. The zero-order valence-corrected chi connectivity index (χ0v) is 9.74. The van der Waals surface area contributed by atoms with Gasteiger partial charge in [0.1, 0.15) is 5.75 Å². The smallest absolute Gasteiger partial charge is 0.118 e. The van der Waals surface area contributed by atoms with Gasteiger partial charge in [0.2, 0.25) is 0 Å². The Morgan fingerprint density at radius 2 is 2.29 bits per heavy atom. The van der Waals surface area contributed by atoms with Crippen molar-refractivity contribution in [2.24, 2.45) is 0 Å². The van der Waals surface area contributed by atoms with Crippen molar-refractivity contribution in [3.05, 3.63) is 29.8 Å². The summed E-state index contributed by atoms with van der Waals surface area (Å²) < 4.78 is 13.2. The quantitative estimate of drug-likeness (QED) is 0.582. The summed E-state index contributed by atoms with van der Waals surface area (Å²) in [4.78, 5) is 1.34. The van der Waals surface area contributed by atoms with Crippen molar-refractivity contribution in [2.45, 2.75) is 11.4 Å². The van der Waals surface area contributed by atoms with E-state index < -0.39 is 11.2 Å².